The van der Waals surface area contributed by atoms with Crippen LogP contribution >= 0.6 is 12.2 Å². The molecule has 0 atom stereocenters. The van der Waals surface area contributed by atoms with E-state index in [4.69, 9.17) is 17.3 Å². The van der Waals surface area contributed by atoms with Gasteiger partial charge in [0.1, 0.15) is 5.75 Å². The Balaban J connectivity index is 1.31. The number of benzene rings is 3. The number of ether oxygens (including phenoxy) is 1. The zero-order chi connectivity index (χ0) is 27.7. The third kappa shape index (κ3) is 5.96. The zero-order valence-electron chi connectivity index (χ0n) is 22.0. The molecule has 5 rings (SSSR count). The molecular formula is C31H28F3N3OS. The number of hydrogen-bond acceptors (Lipinski definition) is 4. The molecule has 39 heavy (non-hydrogen) atoms. The molecule has 1 aliphatic carbocycles. The summed E-state index contributed by atoms with van der Waals surface area (Å²) in [7, 11) is 1.86. The normalized spacial score (nSPS) is 12.9. The maximum atomic E-state index is 12.5. The largest absolute Gasteiger partial charge is 0.573 e. The fourth-order valence-corrected chi connectivity index (χ4v) is 5.44. The van der Waals surface area contributed by atoms with Crippen LogP contribution in [0.15, 0.2) is 65.7 Å². The van der Waals surface area contributed by atoms with E-state index < -0.39 is 6.36 Å². The van der Waals surface area contributed by atoms with E-state index in [9.17, 15) is 13.2 Å². The molecule has 0 unspecified atom stereocenters. The number of alkyl halides is 3. The molecule has 0 aliphatic heterocycles. The molecule has 0 saturated heterocycles. The van der Waals surface area contributed by atoms with Gasteiger partial charge in [-0.3, -0.25) is 9.67 Å². The van der Waals surface area contributed by atoms with Crippen molar-refractivity contribution in [3.63, 3.8) is 0 Å². The van der Waals surface area contributed by atoms with Gasteiger partial charge in [0.25, 0.3) is 0 Å². The summed E-state index contributed by atoms with van der Waals surface area (Å²) in [5, 5.41) is 4.77. The summed E-state index contributed by atoms with van der Waals surface area (Å²) in [4.78, 5) is 5.52. The fourth-order valence-electron chi connectivity index (χ4n) is 5.22. The Morgan fingerprint density at radius 2 is 1.77 bits per heavy atom. The lowest BCUT2D eigenvalue weighted by atomic mass is 9.87. The molecule has 0 radical (unpaired) electrons. The summed E-state index contributed by atoms with van der Waals surface area (Å²) >= 11 is 5.62. The van der Waals surface area contributed by atoms with Gasteiger partial charge in [0.2, 0.25) is 0 Å². The van der Waals surface area contributed by atoms with Crippen LogP contribution in [0.5, 0.6) is 5.75 Å². The summed E-state index contributed by atoms with van der Waals surface area (Å²) in [5.41, 5.74) is 10.8. The molecule has 0 amide bonds. The van der Waals surface area contributed by atoms with Crippen LogP contribution in [0.25, 0.3) is 22.5 Å². The minimum absolute atomic E-state index is 0.243. The summed E-state index contributed by atoms with van der Waals surface area (Å²) in [6.07, 6.45) is -0.470. The first-order chi connectivity index (χ1) is 18.6. The molecule has 4 nitrogen and oxygen atoms in total. The van der Waals surface area contributed by atoms with Crippen molar-refractivity contribution in [1.29, 1.82) is 0 Å². The Morgan fingerprint density at radius 1 is 1.05 bits per heavy atom. The number of thiocarbonyl (C=S) groups is 1. The van der Waals surface area contributed by atoms with Crippen LogP contribution in [0.2, 0.25) is 0 Å². The van der Waals surface area contributed by atoms with Crippen molar-refractivity contribution in [3.05, 3.63) is 94.0 Å². The second-order valence-electron chi connectivity index (χ2n) is 9.84. The van der Waals surface area contributed by atoms with Crippen molar-refractivity contribution in [2.75, 3.05) is 6.54 Å². The molecule has 0 fully saturated rings. The highest BCUT2D eigenvalue weighted by Crippen LogP contribution is 2.39. The maximum Gasteiger partial charge on any atom is 0.573 e. The number of nitrogens with zero attached hydrogens (tertiary/aromatic N) is 3. The Bertz CT molecular complexity index is 1550. The van der Waals surface area contributed by atoms with E-state index in [1.807, 2.05) is 19.3 Å². The standard InChI is InChI=1S/C31H28F3N3OS/c1-19-5-4-6-20(2)28(19)16-25(39)18-35-17-21-7-13-26-23(15-21)10-14-27-29(26)36-37(3)30(27)22-8-11-24(12-9-22)38-31(32,33)34/h4-9,11-13,15,17H,10,14,16,18H2,1-3H3. The van der Waals surface area contributed by atoms with Gasteiger partial charge in [-0.15, -0.1) is 13.2 Å². The topological polar surface area (TPSA) is 39.4 Å². The molecule has 0 N–H and O–H groups in total. The van der Waals surface area contributed by atoms with Crippen LogP contribution in [-0.2, 0) is 26.3 Å². The van der Waals surface area contributed by atoms with Crippen molar-refractivity contribution in [3.8, 4) is 28.3 Å². The maximum absolute atomic E-state index is 12.5. The van der Waals surface area contributed by atoms with Crippen LogP contribution in [0.3, 0.4) is 0 Å². The van der Waals surface area contributed by atoms with E-state index in [1.165, 1.54) is 34.4 Å². The lowest BCUT2D eigenvalue weighted by molar-refractivity contribution is -0.274. The minimum atomic E-state index is -4.72. The Hall–Kier alpha value is -3.78. The summed E-state index contributed by atoms with van der Waals surface area (Å²) in [6.45, 7) is 4.72. The number of fused-ring (bicyclic) bond motifs is 3. The number of halogens is 3. The number of rotatable bonds is 7. The zero-order valence-corrected chi connectivity index (χ0v) is 22.8. The van der Waals surface area contributed by atoms with Crippen LogP contribution in [0.4, 0.5) is 13.2 Å². The summed E-state index contributed by atoms with van der Waals surface area (Å²) < 4.78 is 43.4. The van der Waals surface area contributed by atoms with E-state index in [2.05, 4.69) is 53.9 Å². The highest BCUT2D eigenvalue weighted by molar-refractivity contribution is 7.80. The quantitative estimate of drug-likeness (QED) is 0.179. The lowest BCUT2D eigenvalue weighted by Gasteiger charge is -2.17. The molecule has 200 valence electrons. The average molecular weight is 548 g/mol. The lowest BCUT2D eigenvalue weighted by Crippen LogP contribution is -2.16. The van der Waals surface area contributed by atoms with Crippen molar-refractivity contribution in [2.24, 2.45) is 12.0 Å². The van der Waals surface area contributed by atoms with Gasteiger partial charge in [-0.2, -0.15) is 5.10 Å². The molecule has 4 aromatic rings. The van der Waals surface area contributed by atoms with E-state index >= 15 is 0 Å². The molecule has 3 aromatic carbocycles. The first-order valence-corrected chi connectivity index (χ1v) is 13.1. The molecule has 1 aliphatic rings. The van der Waals surface area contributed by atoms with Gasteiger partial charge < -0.3 is 4.74 Å². The average Bonchev–Trinajstić information content (AvgIpc) is 3.22. The monoisotopic (exact) mass is 547 g/mol. The Morgan fingerprint density at radius 3 is 2.46 bits per heavy atom. The van der Waals surface area contributed by atoms with Crippen LogP contribution < -0.4 is 4.74 Å². The Labute approximate surface area is 231 Å². The highest BCUT2D eigenvalue weighted by Gasteiger charge is 2.31. The van der Waals surface area contributed by atoms with E-state index in [-0.39, 0.29) is 5.75 Å². The third-order valence-electron chi connectivity index (χ3n) is 7.06. The summed E-state index contributed by atoms with van der Waals surface area (Å²) in [6, 6.07) is 18.5. The van der Waals surface area contributed by atoms with E-state index in [0.717, 1.165) is 57.8 Å². The van der Waals surface area contributed by atoms with Gasteiger partial charge in [0.15, 0.2) is 0 Å². The summed E-state index contributed by atoms with van der Waals surface area (Å²) in [5.74, 6) is -0.243. The Kier molecular flexibility index (Phi) is 7.40. The second kappa shape index (κ2) is 10.8. The fraction of sp³-hybridized carbons (Fsp3) is 0.258. The number of aromatic nitrogens is 2. The van der Waals surface area contributed by atoms with Crippen LogP contribution in [0, 0.1) is 13.8 Å². The third-order valence-corrected chi connectivity index (χ3v) is 7.34. The smallest absolute Gasteiger partial charge is 0.406 e. The molecule has 0 bridgehead atoms. The van der Waals surface area contributed by atoms with Crippen molar-refractivity contribution >= 4 is 23.3 Å². The molecular weight excluding hydrogens is 519 g/mol. The van der Waals surface area contributed by atoms with Crippen molar-refractivity contribution < 1.29 is 17.9 Å². The van der Waals surface area contributed by atoms with Gasteiger partial charge in [0.05, 0.1) is 17.9 Å². The van der Waals surface area contributed by atoms with Crippen LogP contribution in [-0.4, -0.2) is 33.8 Å². The number of aliphatic imine (C=N–C) groups is 1. The first kappa shape index (κ1) is 26.8. The SMILES string of the molecule is Cc1cccc(C)c1CC(=S)CN=Cc1ccc2c(c1)CCc1c-2nn(C)c1-c1ccc(OC(F)(F)F)cc1. The van der Waals surface area contributed by atoms with Gasteiger partial charge in [0, 0.05) is 41.2 Å². The van der Waals surface area contributed by atoms with Crippen molar-refractivity contribution in [2.45, 2.75) is 39.5 Å². The second-order valence-corrected chi connectivity index (χ2v) is 10.4. The molecule has 0 saturated carbocycles. The van der Waals surface area contributed by atoms with E-state index in [1.54, 1.807) is 16.8 Å². The van der Waals surface area contributed by atoms with Crippen molar-refractivity contribution in [1.82, 2.24) is 9.78 Å². The predicted molar refractivity (Wildman–Crippen MR) is 153 cm³/mol. The molecule has 0 spiro atoms. The first-order valence-electron chi connectivity index (χ1n) is 12.7. The van der Waals surface area contributed by atoms with Gasteiger partial charge in [-0.05, 0) is 84.8 Å². The number of aryl methyl sites for hydroxylation is 4. The highest BCUT2D eigenvalue weighted by atomic mass is 32.1. The van der Waals surface area contributed by atoms with E-state index in [0.29, 0.717) is 6.54 Å². The minimum Gasteiger partial charge on any atom is -0.406 e. The number of hydrogen-bond donors (Lipinski definition) is 0. The van der Waals surface area contributed by atoms with Gasteiger partial charge >= 0.3 is 6.36 Å². The predicted octanol–water partition coefficient (Wildman–Crippen LogP) is 7.40. The molecule has 1 aromatic heterocycles. The van der Waals surface area contributed by atoms with Crippen LogP contribution in [0.1, 0.15) is 33.4 Å². The van der Waals surface area contributed by atoms with Gasteiger partial charge in [-0.1, -0.05) is 42.5 Å². The molecule has 1 heterocycles. The molecule has 8 heteroatoms. The van der Waals surface area contributed by atoms with Gasteiger partial charge in [-0.25, -0.2) is 0 Å².